The predicted molar refractivity (Wildman–Crippen MR) is 81.3 cm³/mol. The third-order valence-corrected chi connectivity index (χ3v) is 4.71. The third kappa shape index (κ3) is 3.66. The summed E-state index contributed by atoms with van der Waals surface area (Å²) in [5.74, 6) is -0.241. The fraction of sp³-hybridized carbons (Fsp3) is 0.647. The molecule has 122 valence electrons. The van der Waals surface area contributed by atoms with Gasteiger partial charge in [-0.1, -0.05) is 12.1 Å². The van der Waals surface area contributed by atoms with Gasteiger partial charge in [0.2, 0.25) is 0 Å². The minimum atomic E-state index is -0.589. The number of benzene rings is 1. The first-order valence-electron chi connectivity index (χ1n) is 8.02. The van der Waals surface area contributed by atoms with Gasteiger partial charge < -0.3 is 14.6 Å². The van der Waals surface area contributed by atoms with E-state index in [0.29, 0.717) is 25.6 Å². The molecule has 2 fully saturated rings. The quantitative estimate of drug-likeness (QED) is 0.917. The van der Waals surface area contributed by atoms with Crippen LogP contribution < -0.4 is 0 Å². The summed E-state index contributed by atoms with van der Waals surface area (Å²) < 4.78 is 24.4. The number of rotatable bonds is 4. The molecule has 2 saturated heterocycles. The molecule has 0 aliphatic carbocycles. The second-order valence-electron chi connectivity index (χ2n) is 6.31. The van der Waals surface area contributed by atoms with Crippen LogP contribution in [0.3, 0.4) is 0 Å². The Balaban J connectivity index is 1.69. The van der Waals surface area contributed by atoms with Gasteiger partial charge in [-0.2, -0.15) is 0 Å². The van der Waals surface area contributed by atoms with Crippen LogP contribution in [0.15, 0.2) is 24.3 Å². The van der Waals surface area contributed by atoms with Crippen molar-refractivity contribution in [1.82, 2.24) is 4.90 Å². The second-order valence-corrected chi connectivity index (χ2v) is 6.31. The molecule has 3 rings (SSSR count). The number of hydrogen-bond acceptors (Lipinski definition) is 4. The Morgan fingerprint density at radius 1 is 1.18 bits per heavy atom. The maximum atomic E-state index is 13.0. The Morgan fingerprint density at radius 2 is 1.91 bits per heavy atom. The van der Waals surface area contributed by atoms with Crippen LogP contribution in [-0.2, 0) is 15.9 Å². The smallest absolute Gasteiger partial charge is 0.123 e. The first-order valence-corrected chi connectivity index (χ1v) is 8.02. The minimum absolute atomic E-state index is 0.0237. The summed E-state index contributed by atoms with van der Waals surface area (Å²) in [5, 5.41) is 9.92. The molecule has 0 saturated carbocycles. The van der Waals surface area contributed by atoms with E-state index in [-0.39, 0.29) is 12.4 Å². The molecule has 1 aromatic carbocycles. The summed E-state index contributed by atoms with van der Waals surface area (Å²) in [7, 11) is 0. The summed E-state index contributed by atoms with van der Waals surface area (Å²) in [4.78, 5) is 2.42. The highest BCUT2D eigenvalue weighted by Crippen LogP contribution is 2.26. The van der Waals surface area contributed by atoms with Crippen molar-refractivity contribution in [3.05, 3.63) is 35.6 Å². The van der Waals surface area contributed by atoms with E-state index in [2.05, 4.69) is 4.90 Å². The van der Waals surface area contributed by atoms with Crippen molar-refractivity contribution in [2.24, 2.45) is 0 Å². The zero-order valence-corrected chi connectivity index (χ0v) is 12.8. The topological polar surface area (TPSA) is 41.9 Å². The molecule has 22 heavy (non-hydrogen) atoms. The molecular formula is C17H24FNO3. The van der Waals surface area contributed by atoms with E-state index in [1.807, 2.05) is 0 Å². The summed E-state index contributed by atoms with van der Waals surface area (Å²) in [6.07, 6.45) is 2.68. The lowest BCUT2D eigenvalue weighted by Crippen LogP contribution is -2.58. The lowest BCUT2D eigenvalue weighted by atomic mass is 9.91. The van der Waals surface area contributed by atoms with E-state index in [9.17, 15) is 9.50 Å². The van der Waals surface area contributed by atoms with E-state index < -0.39 is 5.60 Å². The Hall–Kier alpha value is -1.01. The van der Waals surface area contributed by atoms with Gasteiger partial charge in [-0.05, 0) is 30.5 Å². The molecule has 2 aliphatic rings. The molecule has 1 aromatic rings. The van der Waals surface area contributed by atoms with E-state index >= 15 is 0 Å². The van der Waals surface area contributed by atoms with Gasteiger partial charge in [-0.15, -0.1) is 0 Å². The van der Waals surface area contributed by atoms with Crippen molar-refractivity contribution in [2.75, 3.05) is 39.5 Å². The lowest BCUT2D eigenvalue weighted by molar-refractivity contribution is -0.146. The average molecular weight is 309 g/mol. The van der Waals surface area contributed by atoms with Gasteiger partial charge in [0.05, 0.1) is 13.2 Å². The highest BCUT2D eigenvalue weighted by molar-refractivity contribution is 5.19. The van der Waals surface area contributed by atoms with Gasteiger partial charge in [0.15, 0.2) is 0 Å². The Kier molecular flexibility index (Phi) is 5.08. The van der Waals surface area contributed by atoms with Crippen molar-refractivity contribution >= 4 is 0 Å². The average Bonchev–Trinajstić information content (AvgIpc) is 2.58. The van der Waals surface area contributed by atoms with Crippen LogP contribution in [0.1, 0.15) is 18.4 Å². The summed E-state index contributed by atoms with van der Waals surface area (Å²) >= 11 is 0. The SMILES string of the molecule is OCC1(Cc2ccc(F)cc2)CN(C2CCOCC2)CCO1. The molecule has 1 unspecified atom stereocenters. The summed E-state index contributed by atoms with van der Waals surface area (Å²) in [6, 6.07) is 6.96. The molecule has 5 heteroatoms. The van der Waals surface area contributed by atoms with Gasteiger partial charge in [0.1, 0.15) is 11.4 Å². The van der Waals surface area contributed by atoms with Crippen LogP contribution in [0.2, 0.25) is 0 Å². The highest BCUT2D eigenvalue weighted by Gasteiger charge is 2.38. The molecule has 2 heterocycles. The van der Waals surface area contributed by atoms with Crippen molar-refractivity contribution < 1.29 is 19.0 Å². The maximum Gasteiger partial charge on any atom is 0.123 e. The van der Waals surface area contributed by atoms with Crippen LogP contribution >= 0.6 is 0 Å². The van der Waals surface area contributed by atoms with Crippen molar-refractivity contribution in [3.63, 3.8) is 0 Å². The largest absolute Gasteiger partial charge is 0.393 e. The van der Waals surface area contributed by atoms with Gasteiger partial charge in [-0.25, -0.2) is 4.39 Å². The number of morpholine rings is 1. The van der Waals surface area contributed by atoms with Crippen molar-refractivity contribution in [3.8, 4) is 0 Å². The molecule has 1 N–H and O–H groups in total. The second kappa shape index (κ2) is 7.04. The van der Waals surface area contributed by atoms with Crippen molar-refractivity contribution in [1.29, 1.82) is 0 Å². The maximum absolute atomic E-state index is 13.0. The zero-order chi connectivity index (χ0) is 15.4. The molecule has 1 atom stereocenters. The number of hydrogen-bond donors (Lipinski definition) is 1. The van der Waals surface area contributed by atoms with E-state index in [1.165, 1.54) is 12.1 Å². The number of halogens is 1. The van der Waals surface area contributed by atoms with Gasteiger partial charge >= 0.3 is 0 Å². The molecule has 4 nitrogen and oxygen atoms in total. The number of aliphatic hydroxyl groups is 1. The number of aliphatic hydroxyl groups excluding tert-OH is 1. The van der Waals surface area contributed by atoms with Gasteiger partial charge in [0.25, 0.3) is 0 Å². The molecule has 0 amide bonds. The number of nitrogens with zero attached hydrogens (tertiary/aromatic N) is 1. The van der Waals surface area contributed by atoms with Crippen LogP contribution in [0.4, 0.5) is 4.39 Å². The standard InChI is InChI=1S/C17H24FNO3/c18-15-3-1-14(2-4-15)11-17(13-20)12-19(7-10-22-17)16-5-8-21-9-6-16/h1-4,16,20H,5-13H2. The molecule has 2 aliphatic heterocycles. The lowest BCUT2D eigenvalue weighted by Gasteiger charge is -2.45. The Bertz CT molecular complexity index is 475. The molecule has 0 radical (unpaired) electrons. The molecule has 0 aromatic heterocycles. The number of ether oxygens (including phenoxy) is 2. The van der Waals surface area contributed by atoms with E-state index in [1.54, 1.807) is 12.1 Å². The molecular weight excluding hydrogens is 285 g/mol. The monoisotopic (exact) mass is 309 g/mol. The van der Waals surface area contributed by atoms with E-state index in [0.717, 1.165) is 38.2 Å². The fourth-order valence-corrected chi connectivity index (χ4v) is 3.47. The van der Waals surface area contributed by atoms with E-state index in [4.69, 9.17) is 9.47 Å². The first-order chi connectivity index (χ1) is 10.7. The van der Waals surface area contributed by atoms with Crippen LogP contribution in [0.5, 0.6) is 0 Å². The summed E-state index contributed by atoms with van der Waals surface area (Å²) in [5.41, 5.74) is 0.401. The fourth-order valence-electron chi connectivity index (χ4n) is 3.47. The Morgan fingerprint density at radius 3 is 2.59 bits per heavy atom. The van der Waals surface area contributed by atoms with Gasteiger partial charge in [-0.3, -0.25) is 4.90 Å². The highest BCUT2D eigenvalue weighted by atomic mass is 19.1. The zero-order valence-electron chi connectivity index (χ0n) is 12.8. The summed E-state index contributed by atoms with van der Waals surface area (Å²) in [6.45, 7) is 3.84. The van der Waals surface area contributed by atoms with Crippen LogP contribution in [0.25, 0.3) is 0 Å². The van der Waals surface area contributed by atoms with Crippen LogP contribution in [0, 0.1) is 5.82 Å². The predicted octanol–water partition coefficient (Wildman–Crippen LogP) is 1.61. The normalized spacial score (nSPS) is 27.9. The minimum Gasteiger partial charge on any atom is -0.393 e. The van der Waals surface area contributed by atoms with Gasteiger partial charge in [0, 0.05) is 38.8 Å². The third-order valence-electron chi connectivity index (χ3n) is 4.71. The Labute approximate surface area is 130 Å². The molecule has 0 bridgehead atoms. The van der Waals surface area contributed by atoms with Crippen molar-refractivity contribution in [2.45, 2.75) is 30.9 Å². The first kappa shape index (κ1) is 15.9. The molecule has 0 spiro atoms. The van der Waals surface area contributed by atoms with Crippen LogP contribution in [-0.4, -0.2) is 61.2 Å².